The largest absolute Gasteiger partial charge is 0.330 e. The number of nitrogens with one attached hydrogen (secondary N) is 3. The van der Waals surface area contributed by atoms with Gasteiger partial charge in [-0.15, -0.1) is 12.4 Å². The first-order valence-corrected chi connectivity index (χ1v) is 8.74. The SMILES string of the molecule is Cl.NCC1CCCC1NS(=O)(=O)c1cnc2[nH]c(=O)[nH]c(=O)c2c1. The number of nitrogens with zero attached hydrogens (tertiary/aromatic N) is 1. The van der Waals surface area contributed by atoms with Crippen LogP contribution in [0.1, 0.15) is 19.3 Å². The molecular formula is C13H18ClN5O4S. The Kier molecular flexibility index (Phi) is 5.43. The summed E-state index contributed by atoms with van der Waals surface area (Å²) >= 11 is 0. The number of pyridine rings is 1. The Morgan fingerprint density at radius 1 is 1.29 bits per heavy atom. The number of fused-ring (bicyclic) bond motifs is 1. The topological polar surface area (TPSA) is 151 Å². The molecule has 2 aromatic rings. The van der Waals surface area contributed by atoms with Gasteiger partial charge in [-0.05, 0) is 31.4 Å². The molecule has 0 aliphatic heterocycles. The van der Waals surface area contributed by atoms with E-state index in [1.807, 2.05) is 4.98 Å². The van der Waals surface area contributed by atoms with Gasteiger partial charge in [0.15, 0.2) is 0 Å². The fraction of sp³-hybridized carbons (Fsp3) is 0.462. The molecule has 1 aliphatic carbocycles. The number of halogens is 1. The van der Waals surface area contributed by atoms with Crippen LogP contribution in [0.3, 0.4) is 0 Å². The van der Waals surface area contributed by atoms with Gasteiger partial charge >= 0.3 is 5.69 Å². The van der Waals surface area contributed by atoms with Gasteiger partial charge in [0, 0.05) is 12.2 Å². The van der Waals surface area contributed by atoms with Crippen molar-refractivity contribution >= 4 is 33.5 Å². The van der Waals surface area contributed by atoms with Crippen molar-refractivity contribution in [1.82, 2.24) is 19.7 Å². The normalized spacial score (nSPS) is 20.9. The zero-order valence-corrected chi connectivity index (χ0v) is 14.2. The number of aromatic nitrogens is 3. The molecular weight excluding hydrogens is 358 g/mol. The van der Waals surface area contributed by atoms with Crippen LogP contribution in [-0.4, -0.2) is 36.0 Å². The molecule has 0 amide bonds. The summed E-state index contributed by atoms with van der Waals surface area (Å²) in [5, 5.41) is 0.00858. The highest BCUT2D eigenvalue weighted by Crippen LogP contribution is 2.26. The summed E-state index contributed by atoms with van der Waals surface area (Å²) in [4.78, 5) is 31.1. The van der Waals surface area contributed by atoms with Crippen LogP contribution in [0.4, 0.5) is 0 Å². The smallest absolute Gasteiger partial charge is 0.327 e. The Labute approximate surface area is 143 Å². The van der Waals surface area contributed by atoms with E-state index in [-0.39, 0.29) is 40.3 Å². The van der Waals surface area contributed by atoms with Crippen LogP contribution in [-0.2, 0) is 10.0 Å². The van der Waals surface area contributed by atoms with Crippen molar-refractivity contribution in [3.05, 3.63) is 33.1 Å². The van der Waals surface area contributed by atoms with E-state index in [0.717, 1.165) is 25.5 Å². The molecule has 0 radical (unpaired) electrons. The Balaban J connectivity index is 0.00000208. The van der Waals surface area contributed by atoms with Gasteiger partial charge in [0.25, 0.3) is 5.56 Å². The van der Waals surface area contributed by atoms with E-state index in [0.29, 0.717) is 6.54 Å². The maximum absolute atomic E-state index is 12.5. The lowest BCUT2D eigenvalue weighted by Crippen LogP contribution is -2.39. The Bertz CT molecular complexity index is 955. The Morgan fingerprint density at radius 2 is 2.04 bits per heavy atom. The van der Waals surface area contributed by atoms with Crippen LogP contribution in [0.15, 0.2) is 26.7 Å². The molecule has 11 heteroatoms. The number of sulfonamides is 1. The zero-order chi connectivity index (χ0) is 16.6. The van der Waals surface area contributed by atoms with Crippen LogP contribution in [0.25, 0.3) is 11.0 Å². The summed E-state index contributed by atoms with van der Waals surface area (Å²) < 4.78 is 27.6. The molecule has 2 atom stereocenters. The highest BCUT2D eigenvalue weighted by molar-refractivity contribution is 7.89. The van der Waals surface area contributed by atoms with Crippen molar-refractivity contribution < 1.29 is 8.42 Å². The number of hydrogen-bond donors (Lipinski definition) is 4. The molecule has 3 rings (SSSR count). The predicted molar refractivity (Wildman–Crippen MR) is 90.7 cm³/mol. The second-order valence-corrected chi connectivity index (χ2v) is 7.34. The van der Waals surface area contributed by atoms with Crippen LogP contribution < -0.4 is 21.7 Å². The molecule has 24 heavy (non-hydrogen) atoms. The molecule has 1 saturated carbocycles. The van der Waals surface area contributed by atoms with Crippen molar-refractivity contribution in [3.8, 4) is 0 Å². The van der Waals surface area contributed by atoms with Crippen molar-refractivity contribution in [2.75, 3.05) is 6.54 Å². The molecule has 1 fully saturated rings. The maximum Gasteiger partial charge on any atom is 0.327 e. The molecule has 1 aliphatic rings. The van der Waals surface area contributed by atoms with Gasteiger partial charge in [-0.25, -0.2) is 22.9 Å². The van der Waals surface area contributed by atoms with Crippen LogP contribution in [0.2, 0.25) is 0 Å². The predicted octanol–water partition coefficient (Wildman–Crippen LogP) is -0.561. The summed E-state index contributed by atoms with van der Waals surface area (Å²) in [5.41, 5.74) is 4.32. The van der Waals surface area contributed by atoms with Gasteiger partial charge in [-0.2, -0.15) is 0 Å². The van der Waals surface area contributed by atoms with Gasteiger partial charge in [0.1, 0.15) is 10.5 Å². The lowest BCUT2D eigenvalue weighted by molar-refractivity contribution is 0.453. The first-order chi connectivity index (χ1) is 10.9. The average molecular weight is 376 g/mol. The second-order valence-electron chi connectivity index (χ2n) is 5.63. The second kappa shape index (κ2) is 7.01. The van der Waals surface area contributed by atoms with Gasteiger partial charge in [0.2, 0.25) is 10.0 Å². The first kappa shape index (κ1) is 18.6. The van der Waals surface area contributed by atoms with Crippen molar-refractivity contribution in [3.63, 3.8) is 0 Å². The van der Waals surface area contributed by atoms with Gasteiger partial charge in [-0.3, -0.25) is 14.8 Å². The first-order valence-electron chi connectivity index (χ1n) is 7.25. The highest BCUT2D eigenvalue weighted by atomic mass is 35.5. The molecule has 0 bridgehead atoms. The third-order valence-corrected chi connectivity index (χ3v) is 5.60. The lowest BCUT2D eigenvalue weighted by Gasteiger charge is -2.19. The standard InChI is InChI=1S/C13H17N5O4S.ClH/c14-5-7-2-1-3-10(7)18-23(21,22)8-4-9-11(15-6-8)16-13(20)17-12(9)19;/h4,6-7,10,18H,1-3,5,14H2,(H2,15,16,17,19,20);1H. The van der Waals surface area contributed by atoms with Gasteiger partial charge in [-0.1, -0.05) is 6.42 Å². The highest BCUT2D eigenvalue weighted by Gasteiger charge is 2.30. The van der Waals surface area contributed by atoms with E-state index in [9.17, 15) is 18.0 Å². The molecule has 2 heterocycles. The summed E-state index contributed by atoms with van der Waals surface area (Å²) in [6.07, 6.45) is 3.66. The third-order valence-electron chi connectivity index (χ3n) is 4.14. The molecule has 0 saturated heterocycles. The van der Waals surface area contributed by atoms with E-state index in [1.54, 1.807) is 0 Å². The van der Waals surface area contributed by atoms with Crippen LogP contribution >= 0.6 is 12.4 Å². The summed E-state index contributed by atoms with van der Waals surface area (Å²) in [7, 11) is -3.82. The van der Waals surface area contributed by atoms with Crippen molar-refractivity contribution in [2.24, 2.45) is 11.7 Å². The lowest BCUT2D eigenvalue weighted by atomic mass is 10.1. The third kappa shape index (κ3) is 3.51. The van der Waals surface area contributed by atoms with E-state index < -0.39 is 21.3 Å². The fourth-order valence-corrected chi connectivity index (χ4v) is 4.23. The number of rotatable bonds is 4. The van der Waals surface area contributed by atoms with Crippen LogP contribution in [0, 0.1) is 5.92 Å². The van der Waals surface area contributed by atoms with Gasteiger partial charge in [0.05, 0.1) is 5.39 Å². The summed E-state index contributed by atoms with van der Waals surface area (Å²) in [6, 6.07) is 0.987. The maximum atomic E-state index is 12.5. The minimum atomic E-state index is -3.82. The Morgan fingerprint density at radius 3 is 2.75 bits per heavy atom. The summed E-state index contributed by atoms with van der Waals surface area (Å²) in [6.45, 7) is 0.421. The van der Waals surface area contributed by atoms with Crippen molar-refractivity contribution in [2.45, 2.75) is 30.2 Å². The fourth-order valence-electron chi connectivity index (χ4n) is 2.92. The molecule has 9 nitrogen and oxygen atoms in total. The van der Waals surface area contributed by atoms with E-state index in [2.05, 4.69) is 14.7 Å². The quantitative estimate of drug-likeness (QED) is 0.562. The van der Waals surface area contributed by atoms with Gasteiger partial charge < -0.3 is 5.73 Å². The molecule has 132 valence electrons. The van der Waals surface area contributed by atoms with E-state index in [4.69, 9.17) is 5.73 Å². The summed E-state index contributed by atoms with van der Waals surface area (Å²) in [5.74, 6) is 0.109. The molecule has 0 spiro atoms. The number of nitrogens with two attached hydrogens (primary N) is 1. The average Bonchev–Trinajstić information content (AvgIpc) is 2.93. The zero-order valence-electron chi connectivity index (χ0n) is 12.6. The molecule has 2 aromatic heterocycles. The molecule has 5 N–H and O–H groups in total. The Hall–Kier alpha value is -1.75. The number of aromatic amines is 2. The molecule has 0 aromatic carbocycles. The minimum Gasteiger partial charge on any atom is -0.330 e. The number of H-pyrrole nitrogens is 2. The van der Waals surface area contributed by atoms with E-state index >= 15 is 0 Å². The molecule has 2 unspecified atom stereocenters. The monoisotopic (exact) mass is 375 g/mol. The van der Waals surface area contributed by atoms with E-state index in [1.165, 1.54) is 6.07 Å². The minimum absolute atomic E-state index is 0. The number of hydrogen-bond acceptors (Lipinski definition) is 6. The van der Waals surface area contributed by atoms with Crippen LogP contribution in [0.5, 0.6) is 0 Å². The van der Waals surface area contributed by atoms with Crippen molar-refractivity contribution in [1.29, 1.82) is 0 Å².